The van der Waals surface area contributed by atoms with E-state index in [0.29, 0.717) is 5.56 Å². The molecule has 16 heavy (non-hydrogen) atoms. The van der Waals surface area contributed by atoms with Crippen molar-refractivity contribution in [1.29, 1.82) is 5.26 Å². The van der Waals surface area contributed by atoms with Crippen molar-refractivity contribution in [2.24, 2.45) is 0 Å². The molecule has 2 aromatic rings. The van der Waals surface area contributed by atoms with Crippen LogP contribution in [-0.4, -0.2) is 0 Å². The molecule has 2 N–H and O–H groups in total. The third-order valence-electron chi connectivity index (χ3n) is 2.21. The molecule has 0 amide bonds. The van der Waals surface area contributed by atoms with Crippen LogP contribution in [0.4, 0.5) is 5.69 Å². The van der Waals surface area contributed by atoms with Crippen LogP contribution in [-0.2, 0) is 0 Å². The molecule has 0 aromatic heterocycles. The molecular formula is C13H11ClN2. The summed E-state index contributed by atoms with van der Waals surface area (Å²) in [6.45, 7) is 0. The minimum atomic E-state index is 0. The van der Waals surface area contributed by atoms with Crippen molar-refractivity contribution in [3.05, 3.63) is 54.1 Å². The topological polar surface area (TPSA) is 49.8 Å². The van der Waals surface area contributed by atoms with Crippen LogP contribution in [0.3, 0.4) is 0 Å². The lowest BCUT2D eigenvalue weighted by atomic mass is 10.0. The second-order valence-corrected chi connectivity index (χ2v) is 3.32. The first-order valence-electron chi connectivity index (χ1n) is 4.66. The monoisotopic (exact) mass is 230 g/mol. The van der Waals surface area contributed by atoms with E-state index in [2.05, 4.69) is 6.07 Å². The zero-order valence-electron chi connectivity index (χ0n) is 8.55. The average Bonchev–Trinajstić information content (AvgIpc) is 2.29. The van der Waals surface area contributed by atoms with Crippen molar-refractivity contribution in [2.75, 3.05) is 5.73 Å². The fraction of sp³-hybridized carbons (Fsp3) is 0. The van der Waals surface area contributed by atoms with Crippen LogP contribution in [0, 0.1) is 11.3 Å². The van der Waals surface area contributed by atoms with Gasteiger partial charge in [-0.15, -0.1) is 12.4 Å². The number of nitriles is 1. The highest BCUT2D eigenvalue weighted by molar-refractivity contribution is 5.85. The van der Waals surface area contributed by atoms with Gasteiger partial charge in [0.25, 0.3) is 0 Å². The molecule has 0 bridgehead atoms. The highest BCUT2D eigenvalue weighted by atomic mass is 35.5. The zero-order chi connectivity index (χ0) is 10.7. The normalized spacial score (nSPS) is 8.94. The minimum absolute atomic E-state index is 0. The molecule has 0 saturated carbocycles. The van der Waals surface area contributed by atoms with E-state index < -0.39 is 0 Å². The first kappa shape index (κ1) is 12.1. The molecule has 2 aromatic carbocycles. The van der Waals surface area contributed by atoms with E-state index in [9.17, 15) is 0 Å². The molecule has 0 atom stereocenters. The predicted octanol–water partition coefficient (Wildman–Crippen LogP) is 3.23. The first-order valence-corrected chi connectivity index (χ1v) is 4.66. The molecule has 0 aliphatic rings. The summed E-state index contributed by atoms with van der Waals surface area (Å²) in [6.07, 6.45) is 0. The van der Waals surface area contributed by atoms with E-state index >= 15 is 0 Å². The fourth-order valence-electron chi connectivity index (χ4n) is 1.49. The van der Waals surface area contributed by atoms with Gasteiger partial charge in [-0.3, -0.25) is 0 Å². The molecule has 0 saturated heterocycles. The van der Waals surface area contributed by atoms with Gasteiger partial charge < -0.3 is 5.73 Å². The lowest BCUT2D eigenvalue weighted by Gasteiger charge is -2.02. The highest BCUT2D eigenvalue weighted by Gasteiger charge is 1.98. The Morgan fingerprint density at radius 1 is 0.938 bits per heavy atom. The third-order valence-corrected chi connectivity index (χ3v) is 2.21. The van der Waals surface area contributed by atoms with E-state index in [-0.39, 0.29) is 12.4 Å². The number of hydrogen-bond donors (Lipinski definition) is 1. The lowest BCUT2D eigenvalue weighted by molar-refractivity contribution is 1.48. The van der Waals surface area contributed by atoms with Crippen molar-refractivity contribution in [2.45, 2.75) is 0 Å². The van der Waals surface area contributed by atoms with E-state index in [1.807, 2.05) is 42.5 Å². The fourth-order valence-corrected chi connectivity index (χ4v) is 1.49. The molecule has 0 spiro atoms. The maximum absolute atomic E-state index is 8.79. The molecule has 0 fully saturated rings. The van der Waals surface area contributed by atoms with Crippen LogP contribution in [0.15, 0.2) is 48.5 Å². The summed E-state index contributed by atoms with van der Waals surface area (Å²) in [4.78, 5) is 0. The smallest absolute Gasteiger partial charge is 0.0991 e. The largest absolute Gasteiger partial charge is 0.399 e. The Bertz CT molecular complexity index is 529. The van der Waals surface area contributed by atoms with Gasteiger partial charge in [0, 0.05) is 5.69 Å². The quantitative estimate of drug-likeness (QED) is 0.765. The third kappa shape index (κ3) is 2.53. The lowest BCUT2D eigenvalue weighted by Crippen LogP contribution is -1.85. The Balaban J connectivity index is 0.00000128. The van der Waals surface area contributed by atoms with Gasteiger partial charge in [0.1, 0.15) is 0 Å². The van der Waals surface area contributed by atoms with Crippen molar-refractivity contribution in [1.82, 2.24) is 0 Å². The maximum atomic E-state index is 8.79. The Morgan fingerprint density at radius 2 is 1.56 bits per heavy atom. The van der Waals surface area contributed by atoms with Crippen molar-refractivity contribution in [3.63, 3.8) is 0 Å². The Hall–Kier alpha value is -1.98. The molecule has 80 valence electrons. The average molecular weight is 231 g/mol. The number of halogens is 1. The number of hydrogen-bond acceptors (Lipinski definition) is 2. The van der Waals surface area contributed by atoms with Crippen LogP contribution in [0.25, 0.3) is 11.1 Å². The number of benzene rings is 2. The molecular weight excluding hydrogens is 220 g/mol. The SMILES string of the molecule is Cl.N#Cc1cccc(-c2cccc(N)c2)c1. The van der Waals surface area contributed by atoms with Crippen LogP contribution < -0.4 is 5.73 Å². The summed E-state index contributed by atoms with van der Waals surface area (Å²) in [5.41, 5.74) is 9.14. The molecule has 0 aliphatic carbocycles. The van der Waals surface area contributed by atoms with Gasteiger partial charge in [-0.25, -0.2) is 0 Å². The van der Waals surface area contributed by atoms with Gasteiger partial charge in [0.05, 0.1) is 11.6 Å². The molecule has 0 heterocycles. The molecule has 0 unspecified atom stereocenters. The van der Waals surface area contributed by atoms with Gasteiger partial charge in [-0.05, 0) is 35.4 Å². The summed E-state index contributed by atoms with van der Waals surface area (Å²) in [6, 6.07) is 17.2. The van der Waals surface area contributed by atoms with E-state index in [1.165, 1.54) is 0 Å². The molecule has 2 nitrogen and oxygen atoms in total. The van der Waals surface area contributed by atoms with Gasteiger partial charge >= 0.3 is 0 Å². The predicted molar refractivity (Wildman–Crippen MR) is 68.3 cm³/mol. The number of nitrogens with zero attached hydrogens (tertiary/aromatic N) is 1. The Labute approximate surface area is 101 Å². The molecule has 0 aliphatic heterocycles. The molecule has 3 heteroatoms. The molecule has 0 radical (unpaired) electrons. The number of nitrogen functional groups attached to an aromatic ring is 1. The van der Waals surface area contributed by atoms with E-state index in [4.69, 9.17) is 11.0 Å². The van der Waals surface area contributed by atoms with Crippen LogP contribution in [0.1, 0.15) is 5.56 Å². The van der Waals surface area contributed by atoms with E-state index in [1.54, 1.807) is 6.07 Å². The van der Waals surface area contributed by atoms with Crippen LogP contribution in [0.2, 0.25) is 0 Å². The number of nitrogens with two attached hydrogens (primary N) is 1. The number of anilines is 1. The summed E-state index contributed by atoms with van der Waals surface area (Å²) in [5.74, 6) is 0. The van der Waals surface area contributed by atoms with Gasteiger partial charge in [-0.1, -0.05) is 24.3 Å². The summed E-state index contributed by atoms with van der Waals surface area (Å²) < 4.78 is 0. The second kappa shape index (κ2) is 5.20. The summed E-state index contributed by atoms with van der Waals surface area (Å²) in [5, 5.41) is 8.79. The van der Waals surface area contributed by atoms with Crippen molar-refractivity contribution in [3.8, 4) is 17.2 Å². The Kier molecular flexibility index (Phi) is 3.93. The van der Waals surface area contributed by atoms with Gasteiger partial charge in [0.2, 0.25) is 0 Å². The molecule has 2 rings (SSSR count). The van der Waals surface area contributed by atoms with E-state index in [0.717, 1.165) is 16.8 Å². The van der Waals surface area contributed by atoms with Crippen molar-refractivity contribution < 1.29 is 0 Å². The summed E-state index contributed by atoms with van der Waals surface area (Å²) in [7, 11) is 0. The Morgan fingerprint density at radius 3 is 2.19 bits per heavy atom. The van der Waals surface area contributed by atoms with Gasteiger partial charge in [0.15, 0.2) is 0 Å². The minimum Gasteiger partial charge on any atom is -0.399 e. The van der Waals surface area contributed by atoms with Crippen LogP contribution >= 0.6 is 12.4 Å². The van der Waals surface area contributed by atoms with Gasteiger partial charge in [-0.2, -0.15) is 5.26 Å². The highest BCUT2D eigenvalue weighted by Crippen LogP contribution is 2.21. The number of rotatable bonds is 1. The zero-order valence-corrected chi connectivity index (χ0v) is 9.37. The maximum Gasteiger partial charge on any atom is 0.0991 e. The summed E-state index contributed by atoms with van der Waals surface area (Å²) >= 11 is 0. The second-order valence-electron chi connectivity index (χ2n) is 3.32. The van der Waals surface area contributed by atoms with Crippen LogP contribution in [0.5, 0.6) is 0 Å². The standard InChI is InChI=1S/C13H10N2.ClH/c14-9-10-3-1-4-11(7-10)12-5-2-6-13(15)8-12;/h1-8H,15H2;1H. The van der Waals surface area contributed by atoms with Crippen molar-refractivity contribution >= 4 is 18.1 Å². The first-order chi connectivity index (χ1) is 7.29.